The summed E-state index contributed by atoms with van der Waals surface area (Å²) >= 11 is 0. The minimum atomic E-state index is -0.800. The van der Waals surface area contributed by atoms with Gasteiger partial charge in [0, 0.05) is 18.7 Å². The molecule has 0 spiro atoms. The molecule has 32 heavy (non-hydrogen) atoms. The lowest BCUT2D eigenvalue weighted by atomic mass is 10.0. The Morgan fingerprint density at radius 2 is 1.56 bits per heavy atom. The summed E-state index contributed by atoms with van der Waals surface area (Å²) < 4.78 is 15.5. The Morgan fingerprint density at radius 3 is 2.22 bits per heavy atom. The molecule has 172 valence electrons. The molecular formula is C24H30N2O6. The predicted octanol–water partition coefficient (Wildman–Crippen LogP) is 3.66. The molecule has 0 bridgehead atoms. The average Bonchev–Trinajstić information content (AvgIpc) is 2.77. The van der Waals surface area contributed by atoms with Gasteiger partial charge in [-0.3, -0.25) is 9.59 Å². The van der Waals surface area contributed by atoms with Crippen molar-refractivity contribution in [2.24, 2.45) is 0 Å². The van der Waals surface area contributed by atoms with Gasteiger partial charge in [-0.15, -0.1) is 0 Å². The fourth-order valence-corrected chi connectivity index (χ4v) is 2.83. The van der Waals surface area contributed by atoms with Gasteiger partial charge in [0.15, 0.2) is 6.10 Å². The molecule has 2 rings (SSSR count). The first-order valence-corrected chi connectivity index (χ1v) is 10.6. The maximum Gasteiger partial charge on any atom is 0.513 e. The highest BCUT2D eigenvalue weighted by Crippen LogP contribution is 2.26. The van der Waals surface area contributed by atoms with Crippen LogP contribution in [0.4, 0.5) is 4.79 Å². The van der Waals surface area contributed by atoms with Crippen molar-refractivity contribution in [2.45, 2.75) is 39.7 Å². The molecule has 2 N–H and O–H groups in total. The summed E-state index contributed by atoms with van der Waals surface area (Å²) in [6, 6.07) is 13.7. The molecular weight excluding hydrogens is 412 g/mol. The Kier molecular flexibility index (Phi) is 9.53. The van der Waals surface area contributed by atoms with Gasteiger partial charge < -0.3 is 24.8 Å². The van der Waals surface area contributed by atoms with Crippen LogP contribution in [0, 0.1) is 0 Å². The number of amides is 2. The zero-order valence-electron chi connectivity index (χ0n) is 18.8. The zero-order valence-corrected chi connectivity index (χ0v) is 18.8. The van der Waals surface area contributed by atoms with Crippen LogP contribution in [0.3, 0.4) is 0 Å². The molecule has 1 unspecified atom stereocenters. The Balaban J connectivity index is 1.75. The van der Waals surface area contributed by atoms with Crippen molar-refractivity contribution in [3.05, 3.63) is 59.7 Å². The van der Waals surface area contributed by atoms with Crippen molar-refractivity contribution in [3.63, 3.8) is 0 Å². The number of hydrogen-bond acceptors (Lipinski definition) is 6. The summed E-state index contributed by atoms with van der Waals surface area (Å²) in [6.45, 7) is 8.22. The van der Waals surface area contributed by atoms with Crippen LogP contribution in [0.15, 0.2) is 48.5 Å². The quantitative estimate of drug-likeness (QED) is 0.331. The molecule has 1 atom stereocenters. The van der Waals surface area contributed by atoms with E-state index in [2.05, 4.69) is 24.5 Å². The number of carbonyl (C=O) groups excluding carboxylic acids is 3. The van der Waals surface area contributed by atoms with Crippen LogP contribution in [0.1, 0.15) is 49.5 Å². The summed E-state index contributed by atoms with van der Waals surface area (Å²) in [4.78, 5) is 35.8. The third kappa shape index (κ3) is 7.61. The summed E-state index contributed by atoms with van der Waals surface area (Å²) in [6.07, 6.45) is -1.47. The molecule has 0 saturated heterocycles. The zero-order chi connectivity index (χ0) is 23.5. The standard InChI is InChI=1S/C24H30N2O6/c1-5-30-24(29)32-19-12-10-18(11-13-19)23(28)26-15-14-25-22(27)17(4)31-21-9-7-6-8-20(21)16(2)3/h6-13,16-17H,5,14-15H2,1-4H3,(H,25,27)(H,26,28). The van der Waals surface area contributed by atoms with Crippen LogP contribution in [-0.2, 0) is 9.53 Å². The van der Waals surface area contributed by atoms with E-state index in [9.17, 15) is 14.4 Å². The number of carbonyl (C=O) groups is 3. The fraction of sp³-hybridized carbons (Fsp3) is 0.375. The van der Waals surface area contributed by atoms with E-state index in [-0.39, 0.29) is 43.2 Å². The molecule has 8 nitrogen and oxygen atoms in total. The lowest BCUT2D eigenvalue weighted by molar-refractivity contribution is -0.127. The van der Waals surface area contributed by atoms with Gasteiger partial charge in [0.1, 0.15) is 11.5 Å². The predicted molar refractivity (Wildman–Crippen MR) is 120 cm³/mol. The van der Waals surface area contributed by atoms with E-state index >= 15 is 0 Å². The van der Waals surface area contributed by atoms with Crippen LogP contribution >= 0.6 is 0 Å². The Hall–Kier alpha value is -3.55. The van der Waals surface area contributed by atoms with Crippen LogP contribution in [0.2, 0.25) is 0 Å². The highest BCUT2D eigenvalue weighted by molar-refractivity contribution is 5.94. The van der Waals surface area contributed by atoms with Gasteiger partial charge in [-0.2, -0.15) is 0 Å². The molecule has 2 amide bonds. The molecule has 0 saturated carbocycles. The molecule has 0 fully saturated rings. The molecule has 0 aliphatic carbocycles. The molecule has 0 radical (unpaired) electrons. The largest absolute Gasteiger partial charge is 0.513 e. The molecule has 0 heterocycles. The van der Waals surface area contributed by atoms with E-state index in [1.54, 1.807) is 13.8 Å². The van der Waals surface area contributed by atoms with Gasteiger partial charge in [-0.1, -0.05) is 32.0 Å². The highest BCUT2D eigenvalue weighted by atomic mass is 16.7. The normalized spacial score (nSPS) is 11.4. The summed E-state index contributed by atoms with van der Waals surface area (Å²) in [5.74, 6) is 0.673. The molecule has 8 heteroatoms. The van der Waals surface area contributed by atoms with Crippen molar-refractivity contribution in [1.82, 2.24) is 10.6 Å². The van der Waals surface area contributed by atoms with Gasteiger partial charge in [-0.25, -0.2) is 4.79 Å². The van der Waals surface area contributed by atoms with Crippen molar-refractivity contribution in [2.75, 3.05) is 19.7 Å². The minimum absolute atomic E-state index is 0.214. The third-order valence-corrected chi connectivity index (χ3v) is 4.50. The lowest BCUT2D eigenvalue weighted by Gasteiger charge is -2.18. The molecule has 2 aromatic carbocycles. The Labute approximate surface area is 188 Å². The van der Waals surface area contributed by atoms with Crippen LogP contribution in [-0.4, -0.2) is 43.8 Å². The van der Waals surface area contributed by atoms with Crippen molar-refractivity contribution in [1.29, 1.82) is 0 Å². The second kappa shape index (κ2) is 12.3. The summed E-state index contributed by atoms with van der Waals surface area (Å²) in [5.41, 5.74) is 1.44. The number of hydrogen-bond donors (Lipinski definition) is 2. The van der Waals surface area contributed by atoms with Crippen LogP contribution in [0.5, 0.6) is 11.5 Å². The smallest absolute Gasteiger partial charge is 0.481 e. The van der Waals surface area contributed by atoms with Gasteiger partial charge in [0.25, 0.3) is 11.8 Å². The second-order valence-electron chi connectivity index (χ2n) is 7.31. The van der Waals surface area contributed by atoms with Crippen LogP contribution in [0.25, 0.3) is 0 Å². The van der Waals surface area contributed by atoms with Gasteiger partial charge >= 0.3 is 6.16 Å². The SMILES string of the molecule is CCOC(=O)Oc1ccc(C(=O)NCCNC(=O)C(C)Oc2ccccc2C(C)C)cc1. The maximum absolute atomic E-state index is 12.3. The number of rotatable bonds is 10. The van der Waals surface area contributed by atoms with Crippen molar-refractivity contribution < 1.29 is 28.6 Å². The number of benzene rings is 2. The fourth-order valence-electron chi connectivity index (χ4n) is 2.83. The first kappa shape index (κ1) is 24.7. The second-order valence-corrected chi connectivity index (χ2v) is 7.31. The summed E-state index contributed by atoms with van der Waals surface area (Å²) in [7, 11) is 0. The van der Waals surface area contributed by atoms with Gasteiger partial charge in [0.05, 0.1) is 6.61 Å². The molecule has 0 aliphatic rings. The topological polar surface area (TPSA) is 103 Å². The Morgan fingerprint density at radius 1 is 0.906 bits per heavy atom. The third-order valence-electron chi connectivity index (χ3n) is 4.50. The van der Waals surface area contributed by atoms with Crippen molar-refractivity contribution in [3.8, 4) is 11.5 Å². The van der Waals surface area contributed by atoms with Crippen LogP contribution < -0.4 is 20.1 Å². The summed E-state index contributed by atoms with van der Waals surface area (Å²) in [5, 5.41) is 5.47. The van der Waals surface area contributed by atoms with E-state index in [0.29, 0.717) is 11.3 Å². The van der Waals surface area contributed by atoms with E-state index in [1.807, 2.05) is 24.3 Å². The molecule has 0 aliphatic heterocycles. The lowest BCUT2D eigenvalue weighted by Crippen LogP contribution is -2.40. The molecule has 2 aromatic rings. The highest BCUT2D eigenvalue weighted by Gasteiger charge is 2.17. The van der Waals surface area contributed by atoms with Gasteiger partial charge in [-0.05, 0) is 55.7 Å². The van der Waals surface area contributed by atoms with E-state index < -0.39 is 12.3 Å². The van der Waals surface area contributed by atoms with E-state index in [1.165, 1.54) is 24.3 Å². The monoisotopic (exact) mass is 442 g/mol. The number of nitrogens with one attached hydrogen (secondary N) is 2. The number of ether oxygens (including phenoxy) is 3. The van der Waals surface area contributed by atoms with E-state index in [0.717, 1.165) is 5.56 Å². The van der Waals surface area contributed by atoms with E-state index in [4.69, 9.17) is 14.2 Å². The van der Waals surface area contributed by atoms with Gasteiger partial charge in [0.2, 0.25) is 0 Å². The molecule has 0 aromatic heterocycles. The minimum Gasteiger partial charge on any atom is -0.481 e. The Bertz CT molecular complexity index is 911. The average molecular weight is 443 g/mol. The number of para-hydroxylation sites is 1. The van der Waals surface area contributed by atoms with Crippen molar-refractivity contribution >= 4 is 18.0 Å². The maximum atomic E-state index is 12.3. The first-order chi connectivity index (χ1) is 15.3. The first-order valence-electron chi connectivity index (χ1n) is 10.6.